The van der Waals surface area contributed by atoms with E-state index in [9.17, 15) is 4.21 Å². The number of aromatic nitrogens is 4. The fourth-order valence-electron chi connectivity index (χ4n) is 3.94. The second kappa shape index (κ2) is 9.80. The van der Waals surface area contributed by atoms with E-state index in [1.54, 1.807) is 26.6 Å². The maximum Gasteiger partial charge on any atom is 0.197 e. The minimum atomic E-state index is -1.39. The Kier molecular flexibility index (Phi) is 6.83. The summed E-state index contributed by atoms with van der Waals surface area (Å²) in [6.45, 7) is 8.10. The van der Waals surface area contributed by atoms with Gasteiger partial charge < -0.3 is 19.2 Å². The molecule has 3 aromatic heterocycles. The Morgan fingerprint density at radius 3 is 2.18 bits per heavy atom. The Hall–Kier alpha value is -3.46. The van der Waals surface area contributed by atoms with Crippen molar-refractivity contribution in [2.75, 3.05) is 14.2 Å². The highest BCUT2D eigenvalue weighted by Crippen LogP contribution is 2.27. The Bertz CT molecular complexity index is 1380. The minimum Gasteiger partial charge on any atom is -0.496 e. The van der Waals surface area contributed by atoms with Gasteiger partial charge in [-0.15, -0.1) is 0 Å². The molecule has 0 amide bonds. The molecule has 4 rings (SSSR count). The second-order valence-electron chi connectivity index (χ2n) is 8.09. The molecule has 0 radical (unpaired) electrons. The van der Waals surface area contributed by atoms with Crippen molar-refractivity contribution in [1.82, 2.24) is 19.9 Å². The lowest BCUT2D eigenvalue weighted by atomic mass is 10.1. The summed E-state index contributed by atoms with van der Waals surface area (Å²) in [4.78, 5) is 16.6. The molecule has 4 aromatic rings. The highest BCUT2D eigenvalue weighted by molar-refractivity contribution is 7.84. The maximum absolute atomic E-state index is 13.0. The zero-order chi connectivity index (χ0) is 24.4. The molecule has 3 heterocycles. The molecule has 178 valence electrons. The molecule has 1 atom stereocenters. The molecule has 0 fully saturated rings. The fraction of sp³-hybridized carbons (Fsp3) is 0.320. The second-order valence-corrected chi connectivity index (χ2v) is 9.46. The lowest BCUT2D eigenvalue weighted by molar-refractivity contribution is 0.299. The predicted octanol–water partition coefficient (Wildman–Crippen LogP) is 4.49. The number of hydrogen-bond acceptors (Lipinski definition) is 7. The predicted molar refractivity (Wildman–Crippen MR) is 131 cm³/mol. The molecule has 1 N–H and O–H groups in total. The van der Waals surface area contributed by atoms with Crippen LogP contribution in [-0.4, -0.2) is 38.4 Å². The summed E-state index contributed by atoms with van der Waals surface area (Å²) >= 11 is 0. The Balaban J connectivity index is 1.51. The summed E-state index contributed by atoms with van der Waals surface area (Å²) < 4.78 is 29.9. The molecule has 1 unspecified atom stereocenters. The van der Waals surface area contributed by atoms with E-state index in [-0.39, 0.29) is 5.75 Å². The number of aryl methyl sites for hydroxylation is 2. The summed E-state index contributed by atoms with van der Waals surface area (Å²) in [6, 6.07) is 5.53. The topological polar surface area (TPSA) is 99.2 Å². The molecule has 34 heavy (non-hydrogen) atoms. The van der Waals surface area contributed by atoms with E-state index < -0.39 is 10.8 Å². The van der Waals surface area contributed by atoms with Crippen molar-refractivity contribution in [3.8, 4) is 17.2 Å². The third-order valence-electron chi connectivity index (χ3n) is 5.79. The molecule has 9 heteroatoms. The number of aromatic amines is 1. The van der Waals surface area contributed by atoms with Gasteiger partial charge in [-0.05, 0) is 39.8 Å². The van der Waals surface area contributed by atoms with E-state index in [0.29, 0.717) is 23.0 Å². The number of rotatable bonds is 8. The van der Waals surface area contributed by atoms with Crippen LogP contribution in [0.1, 0.15) is 33.6 Å². The van der Waals surface area contributed by atoms with Gasteiger partial charge in [0.25, 0.3) is 0 Å². The van der Waals surface area contributed by atoms with E-state index in [4.69, 9.17) is 14.2 Å². The number of H-pyrrole nitrogens is 1. The number of imidazole rings is 1. The largest absolute Gasteiger partial charge is 0.496 e. The first-order valence-electron chi connectivity index (χ1n) is 10.8. The molecular weight excluding hydrogens is 452 g/mol. The van der Waals surface area contributed by atoms with Crippen molar-refractivity contribution in [3.05, 3.63) is 64.2 Å². The van der Waals surface area contributed by atoms with Gasteiger partial charge in [-0.2, -0.15) is 0 Å². The monoisotopic (exact) mass is 480 g/mol. The summed E-state index contributed by atoms with van der Waals surface area (Å²) in [6.07, 6.45) is 3.52. The first kappa shape index (κ1) is 23.7. The van der Waals surface area contributed by atoms with E-state index in [2.05, 4.69) is 19.9 Å². The number of hydrogen-bond donors (Lipinski definition) is 1. The molecule has 0 aliphatic carbocycles. The third kappa shape index (κ3) is 4.61. The van der Waals surface area contributed by atoms with Crippen LogP contribution in [0, 0.1) is 27.7 Å². The summed E-state index contributed by atoms with van der Waals surface area (Å²) in [5.41, 5.74) is 6.77. The van der Waals surface area contributed by atoms with Crippen molar-refractivity contribution in [2.45, 2.75) is 45.2 Å². The lowest BCUT2D eigenvalue weighted by Gasteiger charge is -2.13. The number of methoxy groups -OCH3 is 2. The van der Waals surface area contributed by atoms with Gasteiger partial charge >= 0.3 is 0 Å². The first-order valence-corrected chi connectivity index (χ1v) is 12.1. The van der Waals surface area contributed by atoms with Crippen molar-refractivity contribution >= 4 is 21.8 Å². The molecule has 1 aromatic carbocycles. The average molecular weight is 481 g/mol. The van der Waals surface area contributed by atoms with Crippen LogP contribution in [0.4, 0.5) is 0 Å². The van der Waals surface area contributed by atoms with Gasteiger partial charge in [0.1, 0.15) is 23.9 Å². The standard InChI is InChI=1S/C25H28N4O4S/c1-14-10-26-21(16(3)23(14)31-5)12-33-18-7-8-19-20(9-18)29-25(28-19)34(30)13-22-17(4)24(32-6)15(2)11-27-22/h7-11H,12-13H2,1-6H3,(H,28,29). The van der Waals surface area contributed by atoms with Gasteiger partial charge in [0.15, 0.2) is 5.16 Å². The van der Waals surface area contributed by atoms with E-state index in [0.717, 1.165) is 50.7 Å². The fourth-order valence-corrected chi connectivity index (χ4v) is 5.04. The van der Waals surface area contributed by atoms with Crippen molar-refractivity contribution < 1.29 is 18.4 Å². The average Bonchev–Trinajstić information content (AvgIpc) is 3.25. The molecule has 0 bridgehead atoms. The van der Waals surface area contributed by atoms with E-state index in [1.807, 2.05) is 45.9 Å². The first-order chi connectivity index (χ1) is 16.3. The van der Waals surface area contributed by atoms with Crippen LogP contribution >= 0.6 is 0 Å². The van der Waals surface area contributed by atoms with Crippen LogP contribution in [0.15, 0.2) is 35.7 Å². The quantitative estimate of drug-likeness (QED) is 0.397. The van der Waals surface area contributed by atoms with Crippen LogP contribution in [0.2, 0.25) is 0 Å². The zero-order valence-corrected chi connectivity index (χ0v) is 21.0. The molecule has 0 spiro atoms. The van der Waals surface area contributed by atoms with Crippen LogP contribution in [0.3, 0.4) is 0 Å². The summed E-state index contributed by atoms with van der Waals surface area (Å²) in [5, 5.41) is 0.397. The van der Waals surface area contributed by atoms with Crippen molar-refractivity contribution in [1.29, 1.82) is 0 Å². The Morgan fingerprint density at radius 1 is 0.912 bits per heavy atom. The molecule has 0 aliphatic rings. The summed E-state index contributed by atoms with van der Waals surface area (Å²) in [7, 11) is 1.89. The van der Waals surface area contributed by atoms with Gasteiger partial charge in [-0.25, -0.2) is 4.98 Å². The van der Waals surface area contributed by atoms with Gasteiger partial charge in [-0.3, -0.25) is 14.2 Å². The maximum atomic E-state index is 13.0. The molecule has 0 aliphatic heterocycles. The van der Waals surface area contributed by atoms with Crippen LogP contribution in [0.25, 0.3) is 11.0 Å². The Labute approximate surface area is 201 Å². The number of benzene rings is 1. The van der Waals surface area contributed by atoms with Crippen LogP contribution in [-0.2, 0) is 23.2 Å². The van der Waals surface area contributed by atoms with E-state index >= 15 is 0 Å². The van der Waals surface area contributed by atoms with Crippen molar-refractivity contribution in [3.63, 3.8) is 0 Å². The number of fused-ring (bicyclic) bond motifs is 1. The number of ether oxygens (including phenoxy) is 3. The van der Waals surface area contributed by atoms with Crippen molar-refractivity contribution in [2.24, 2.45) is 0 Å². The van der Waals surface area contributed by atoms with Gasteiger partial charge in [-0.1, -0.05) is 0 Å². The van der Waals surface area contributed by atoms with Gasteiger partial charge in [0, 0.05) is 40.7 Å². The highest BCUT2D eigenvalue weighted by Gasteiger charge is 2.17. The molecular formula is C25H28N4O4S. The Morgan fingerprint density at radius 2 is 1.53 bits per heavy atom. The van der Waals surface area contributed by atoms with E-state index in [1.165, 1.54) is 0 Å². The minimum absolute atomic E-state index is 0.242. The van der Waals surface area contributed by atoms with Crippen LogP contribution in [0.5, 0.6) is 17.2 Å². The molecule has 0 saturated heterocycles. The number of nitrogens with zero attached hydrogens (tertiary/aromatic N) is 3. The number of pyridine rings is 2. The zero-order valence-electron chi connectivity index (χ0n) is 20.2. The van der Waals surface area contributed by atoms with Gasteiger partial charge in [0.05, 0.1) is 53.2 Å². The SMILES string of the molecule is COc1c(C)cnc(COc2ccc3nc(S(=O)Cc4ncc(C)c(OC)c4C)[nH]c3c2)c1C. The summed E-state index contributed by atoms with van der Waals surface area (Å²) in [5.74, 6) is 2.49. The number of nitrogens with one attached hydrogen (secondary N) is 1. The molecule has 8 nitrogen and oxygen atoms in total. The normalized spacial score (nSPS) is 12.1. The molecule has 0 saturated carbocycles. The smallest absolute Gasteiger partial charge is 0.197 e. The highest BCUT2D eigenvalue weighted by atomic mass is 32.2. The lowest BCUT2D eigenvalue weighted by Crippen LogP contribution is -2.05. The third-order valence-corrected chi connectivity index (χ3v) is 6.95. The van der Waals surface area contributed by atoms with Gasteiger partial charge in [0.2, 0.25) is 0 Å². The van der Waals surface area contributed by atoms with Crippen LogP contribution < -0.4 is 14.2 Å².